The first-order valence-electron chi connectivity index (χ1n) is 11.0. The standard InChI is InChI=1S/C23H32N4O5S/c1-12(2)11-14(24-5)18(28)25-15(13-9-7-6-8-10-13)19(29)26-16-20(30)27-17(22(31)32)23(3,4)33-21(16)27/h6-10,12,14-17,21,24H,11H2,1-5H3,(H,25,28)(H,26,29)(H,31,32)/t14-,15?,16+,17-,21+/m0/s1. The highest BCUT2D eigenvalue weighted by Gasteiger charge is 2.64. The fourth-order valence-electron chi connectivity index (χ4n) is 4.40. The third-order valence-electron chi connectivity index (χ3n) is 6.03. The number of rotatable bonds is 9. The predicted molar refractivity (Wildman–Crippen MR) is 125 cm³/mol. The molecule has 1 aromatic carbocycles. The number of carbonyl (C=O) groups excluding carboxylic acids is 3. The number of amides is 3. The van der Waals surface area contributed by atoms with Crippen molar-refractivity contribution in [2.45, 2.75) is 68.4 Å². The van der Waals surface area contributed by atoms with Crippen LogP contribution in [0.15, 0.2) is 30.3 Å². The van der Waals surface area contributed by atoms with Gasteiger partial charge in [-0.1, -0.05) is 44.2 Å². The molecule has 2 heterocycles. The number of fused-ring (bicyclic) bond motifs is 1. The van der Waals surface area contributed by atoms with E-state index in [0.717, 1.165) is 0 Å². The summed E-state index contributed by atoms with van der Waals surface area (Å²) >= 11 is 1.36. The molecule has 2 fully saturated rings. The first kappa shape index (κ1) is 25.0. The number of aliphatic carboxylic acids is 1. The van der Waals surface area contributed by atoms with E-state index in [4.69, 9.17) is 0 Å². The predicted octanol–water partition coefficient (Wildman–Crippen LogP) is 1.11. The van der Waals surface area contributed by atoms with E-state index in [2.05, 4.69) is 16.0 Å². The molecular formula is C23H32N4O5S. The Morgan fingerprint density at radius 3 is 2.33 bits per heavy atom. The van der Waals surface area contributed by atoms with Crippen LogP contribution in [0.5, 0.6) is 0 Å². The number of likely N-dealkylation sites (N-methyl/N-ethyl adjacent to an activating group) is 1. The van der Waals surface area contributed by atoms with Crippen molar-refractivity contribution in [3.05, 3.63) is 35.9 Å². The Kier molecular flexibility index (Phi) is 7.38. The Hall–Kier alpha value is -2.59. The zero-order chi connectivity index (χ0) is 24.5. The average molecular weight is 477 g/mol. The molecule has 3 rings (SSSR count). The SMILES string of the molecule is CN[C@@H](CC(C)C)C(=O)NC(C(=O)N[C@@H]1C(=O)N2[C@@H]1SC(C)(C)[C@@H]2C(=O)O)c1ccccc1. The van der Waals surface area contributed by atoms with Crippen LogP contribution in [0.25, 0.3) is 0 Å². The van der Waals surface area contributed by atoms with Crippen molar-refractivity contribution < 1.29 is 24.3 Å². The molecule has 9 nitrogen and oxygen atoms in total. The van der Waals surface area contributed by atoms with Gasteiger partial charge in [-0.25, -0.2) is 4.79 Å². The Balaban J connectivity index is 1.77. The number of carboxylic acids is 1. The van der Waals surface area contributed by atoms with Crippen molar-refractivity contribution in [1.29, 1.82) is 0 Å². The quantitative estimate of drug-likeness (QED) is 0.393. The second-order valence-corrected chi connectivity index (χ2v) is 11.2. The van der Waals surface area contributed by atoms with Crippen LogP contribution in [-0.4, -0.2) is 69.0 Å². The third-order valence-corrected chi connectivity index (χ3v) is 7.60. The van der Waals surface area contributed by atoms with Crippen LogP contribution in [0.3, 0.4) is 0 Å². The molecule has 0 saturated carbocycles. The van der Waals surface area contributed by atoms with Crippen LogP contribution in [0.4, 0.5) is 0 Å². The third kappa shape index (κ3) is 5.01. The second-order valence-electron chi connectivity index (χ2n) is 9.41. The first-order valence-corrected chi connectivity index (χ1v) is 11.9. The number of nitrogens with zero attached hydrogens (tertiary/aromatic N) is 1. The van der Waals surface area contributed by atoms with E-state index in [1.807, 2.05) is 19.9 Å². The van der Waals surface area contributed by atoms with Gasteiger partial charge in [-0.05, 0) is 38.8 Å². The minimum absolute atomic E-state index is 0.278. The number of hydrogen-bond donors (Lipinski definition) is 4. The highest BCUT2D eigenvalue weighted by molar-refractivity contribution is 8.01. The summed E-state index contributed by atoms with van der Waals surface area (Å²) in [5, 5.41) is 17.7. The van der Waals surface area contributed by atoms with Crippen LogP contribution in [0, 0.1) is 5.92 Å². The fraction of sp³-hybridized carbons (Fsp3) is 0.565. The Morgan fingerprint density at radius 1 is 1.15 bits per heavy atom. The normalized spacial score (nSPS) is 25.1. The number of β-lactam (4-membered cyclic amide) rings is 1. The van der Waals surface area contributed by atoms with Gasteiger partial charge in [-0.3, -0.25) is 14.4 Å². The maximum atomic E-state index is 13.3. The number of benzene rings is 1. The monoisotopic (exact) mass is 476 g/mol. The molecule has 0 spiro atoms. The summed E-state index contributed by atoms with van der Waals surface area (Å²) in [7, 11) is 1.70. The summed E-state index contributed by atoms with van der Waals surface area (Å²) < 4.78 is -0.685. The number of carboxylic acid groups (broad SMARTS) is 1. The van der Waals surface area contributed by atoms with E-state index in [9.17, 15) is 24.3 Å². The highest BCUT2D eigenvalue weighted by Crippen LogP contribution is 2.50. The second kappa shape index (κ2) is 9.72. The van der Waals surface area contributed by atoms with E-state index in [1.54, 1.807) is 45.2 Å². The summed E-state index contributed by atoms with van der Waals surface area (Å²) in [6.45, 7) is 7.58. The van der Waals surface area contributed by atoms with Crippen molar-refractivity contribution in [3.63, 3.8) is 0 Å². The molecule has 10 heteroatoms. The molecule has 4 N–H and O–H groups in total. The van der Waals surface area contributed by atoms with Gasteiger partial charge in [0.05, 0.1) is 6.04 Å². The van der Waals surface area contributed by atoms with E-state index in [-0.39, 0.29) is 11.8 Å². The van der Waals surface area contributed by atoms with Crippen LogP contribution in [0.1, 0.15) is 45.7 Å². The summed E-state index contributed by atoms with van der Waals surface area (Å²) in [5.74, 6) is -2.03. The van der Waals surface area contributed by atoms with Gasteiger partial charge in [-0.15, -0.1) is 11.8 Å². The van der Waals surface area contributed by atoms with Gasteiger partial charge in [-0.2, -0.15) is 0 Å². The smallest absolute Gasteiger partial charge is 0.327 e. The number of hydrogen-bond acceptors (Lipinski definition) is 6. The molecule has 1 unspecified atom stereocenters. The first-order chi connectivity index (χ1) is 15.5. The average Bonchev–Trinajstić information content (AvgIpc) is 3.02. The molecule has 180 valence electrons. The molecule has 1 aromatic rings. The molecule has 33 heavy (non-hydrogen) atoms. The van der Waals surface area contributed by atoms with Crippen LogP contribution in [-0.2, 0) is 19.2 Å². The van der Waals surface area contributed by atoms with E-state index in [0.29, 0.717) is 12.0 Å². The Bertz CT molecular complexity index is 923. The van der Waals surface area contributed by atoms with Gasteiger partial charge in [0.25, 0.3) is 0 Å². The summed E-state index contributed by atoms with van der Waals surface area (Å²) in [4.78, 5) is 52.0. The van der Waals surface area contributed by atoms with Crippen molar-refractivity contribution in [1.82, 2.24) is 20.9 Å². The Labute approximate surface area is 198 Å². The molecule has 3 amide bonds. The number of thioether (sulfide) groups is 1. The van der Waals surface area contributed by atoms with Crippen LogP contribution < -0.4 is 16.0 Å². The lowest BCUT2D eigenvalue weighted by Crippen LogP contribution is -2.71. The highest BCUT2D eigenvalue weighted by atomic mass is 32.2. The Morgan fingerprint density at radius 2 is 1.79 bits per heavy atom. The molecule has 2 aliphatic heterocycles. The minimum Gasteiger partial charge on any atom is -0.480 e. The van der Waals surface area contributed by atoms with Crippen LogP contribution >= 0.6 is 11.8 Å². The molecular weight excluding hydrogens is 444 g/mol. The molecule has 0 bridgehead atoms. The maximum Gasteiger partial charge on any atom is 0.327 e. The van der Waals surface area contributed by atoms with Crippen LogP contribution in [0.2, 0.25) is 0 Å². The van der Waals surface area contributed by atoms with Gasteiger partial charge in [0, 0.05) is 4.75 Å². The lowest BCUT2D eigenvalue weighted by molar-refractivity contribution is -0.161. The van der Waals surface area contributed by atoms with Gasteiger partial charge in [0.15, 0.2) is 0 Å². The largest absolute Gasteiger partial charge is 0.480 e. The summed E-state index contributed by atoms with van der Waals surface area (Å²) in [6, 6.07) is 5.59. The lowest BCUT2D eigenvalue weighted by Gasteiger charge is -2.44. The van der Waals surface area contributed by atoms with E-state index in [1.165, 1.54) is 16.7 Å². The van der Waals surface area contributed by atoms with Crippen molar-refractivity contribution in [2.24, 2.45) is 5.92 Å². The van der Waals surface area contributed by atoms with E-state index < -0.39 is 52.1 Å². The molecule has 2 aliphatic rings. The lowest BCUT2D eigenvalue weighted by atomic mass is 9.95. The molecule has 2 saturated heterocycles. The zero-order valence-corrected chi connectivity index (χ0v) is 20.3. The van der Waals surface area contributed by atoms with Gasteiger partial charge >= 0.3 is 5.97 Å². The minimum atomic E-state index is -1.06. The van der Waals surface area contributed by atoms with Gasteiger partial charge < -0.3 is 26.0 Å². The van der Waals surface area contributed by atoms with E-state index >= 15 is 0 Å². The number of nitrogens with one attached hydrogen (secondary N) is 3. The molecule has 0 aromatic heterocycles. The van der Waals surface area contributed by atoms with Crippen molar-refractivity contribution >= 4 is 35.5 Å². The topological polar surface area (TPSA) is 128 Å². The summed E-state index contributed by atoms with van der Waals surface area (Å²) in [5.41, 5.74) is 0.592. The molecule has 0 radical (unpaired) electrons. The zero-order valence-electron chi connectivity index (χ0n) is 19.5. The maximum absolute atomic E-state index is 13.3. The van der Waals surface area contributed by atoms with Gasteiger partial charge in [0.1, 0.15) is 23.5 Å². The fourth-order valence-corrected chi connectivity index (χ4v) is 6.02. The van der Waals surface area contributed by atoms with Crippen molar-refractivity contribution in [2.75, 3.05) is 7.05 Å². The van der Waals surface area contributed by atoms with Crippen molar-refractivity contribution in [3.8, 4) is 0 Å². The molecule has 5 atom stereocenters. The molecule has 0 aliphatic carbocycles. The summed E-state index contributed by atoms with van der Waals surface area (Å²) in [6.07, 6.45) is 0.603. The number of carbonyl (C=O) groups is 4. The van der Waals surface area contributed by atoms with Gasteiger partial charge in [0.2, 0.25) is 17.7 Å².